The standard InChI is InChI=1S/C52H32N4/c1-2-17-36(18-3-1)55-47-26-10-8-22-40(47)44-28-29-45-41-23-9-11-27-48(41)56(52(45)51(44)55)37-19-13-15-34(31-37)33-14-12-16-35(30-33)46-32-53-49-42-24-6-4-20-38(42)39-21-5-7-25-43(39)50(49)54-46/h1-32H. The van der Waals surface area contributed by atoms with Crippen LogP contribution in [0.2, 0.25) is 0 Å². The van der Waals surface area contributed by atoms with Gasteiger partial charge in [0, 0.05) is 49.3 Å². The molecule has 3 aromatic heterocycles. The minimum atomic E-state index is 0.856. The van der Waals surface area contributed by atoms with E-state index >= 15 is 0 Å². The Balaban J connectivity index is 1.06. The van der Waals surface area contributed by atoms with Crippen LogP contribution < -0.4 is 0 Å². The summed E-state index contributed by atoms with van der Waals surface area (Å²) in [6.45, 7) is 0. The highest BCUT2D eigenvalue weighted by atomic mass is 15.0. The van der Waals surface area contributed by atoms with Crippen LogP contribution >= 0.6 is 0 Å². The fourth-order valence-electron chi connectivity index (χ4n) is 9.06. The molecule has 0 saturated carbocycles. The van der Waals surface area contributed by atoms with Crippen molar-refractivity contribution < 1.29 is 0 Å². The van der Waals surface area contributed by atoms with Crippen LogP contribution in [-0.4, -0.2) is 19.1 Å². The summed E-state index contributed by atoms with van der Waals surface area (Å²) in [5.41, 5.74) is 13.0. The zero-order valence-electron chi connectivity index (χ0n) is 30.3. The van der Waals surface area contributed by atoms with Crippen LogP contribution in [0.3, 0.4) is 0 Å². The first-order valence-electron chi connectivity index (χ1n) is 19.1. The van der Waals surface area contributed by atoms with E-state index in [9.17, 15) is 0 Å². The first-order chi connectivity index (χ1) is 27.8. The van der Waals surface area contributed by atoms with Gasteiger partial charge in [-0.1, -0.05) is 146 Å². The van der Waals surface area contributed by atoms with Gasteiger partial charge in [0.25, 0.3) is 0 Å². The lowest BCUT2D eigenvalue weighted by Gasteiger charge is -2.14. The van der Waals surface area contributed by atoms with Gasteiger partial charge in [-0.15, -0.1) is 0 Å². The fourth-order valence-corrected chi connectivity index (χ4v) is 9.06. The third-order valence-electron chi connectivity index (χ3n) is 11.5. The Labute approximate surface area is 322 Å². The van der Waals surface area contributed by atoms with Crippen molar-refractivity contribution in [1.82, 2.24) is 19.1 Å². The summed E-state index contributed by atoms with van der Waals surface area (Å²) >= 11 is 0. The molecule has 4 heteroatoms. The molecule has 0 atom stereocenters. The highest BCUT2D eigenvalue weighted by molar-refractivity contribution is 6.24. The van der Waals surface area contributed by atoms with Gasteiger partial charge in [-0.3, -0.25) is 4.98 Å². The van der Waals surface area contributed by atoms with Crippen LogP contribution in [0.15, 0.2) is 194 Å². The number of hydrogen-bond acceptors (Lipinski definition) is 2. The van der Waals surface area contributed by atoms with Gasteiger partial charge in [0.1, 0.15) is 0 Å². The molecule has 0 radical (unpaired) electrons. The quantitative estimate of drug-likeness (QED) is 0.170. The molecule has 9 aromatic carbocycles. The Morgan fingerprint density at radius 1 is 0.321 bits per heavy atom. The third-order valence-corrected chi connectivity index (χ3v) is 11.5. The van der Waals surface area contributed by atoms with Crippen molar-refractivity contribution >= 4 is 76.2 Å². The average Bonchev–Trinajstić information content (AvgIpc) is 3.80. The number of rotatable bonds is 4. The lowest BCUT2D eigenvalue weighted by Crippen LogP contribution is -1.99. The number of fused-ring (bicyclic) bond motifs is 13. The van der Waals surface area contributed by atoms with E-state index in [2.05, 4.69) is 197 Å². The molecule has 0 N–H and O–H groups in total. The van der Waals surface area contributed by atoms with Gasteiger partial charge in [0.05, 0.1) is 45.0 Å². The van der Waals surface area contributed by atoms with E-state index in [1.807, 2.05) is 6.20 Å². The maximum absolute atomic E-state index is 5.30. The zero-order valence-corrected chi connectivity index (χ0v) is 30.3. The summed E-state index contributed by atoms with van der Waals surface area (Å²) < 4.78 is 4.90. The molecule has 3 heterocycles. The van der Waals surface area contributed by atoms with Crippen molar-refractivity contribution in [1.29, 1.82) is 0 Å². The van der Waals surface area contributed by atoms with Crippen LogP contribution in [0.4, 0.5) is 0 Å². The Morgan fingerprint density at radius 2 is 0.804 bits per heavy atom. The summed E-state index contributed by atoms with van der Waals surface area (Å²) in [6, 6.07) is 67.6. The SMILES string of the molecule is c1ccc(-n2c3ccccc3c3ccc4c5ccccc5n(-c5cccc(-c6cccc(-c7cnc8c9ccccc9c9ccccc9c8n7)c6)c5)c4c32)cc1. The highest BCUT2D eigenvalue weighted by Gasteiger charge is 2.21. The summed E-state index contributed by atoms with van der Waals surface area (Å²) in [6.07, 6.45) is 1.92. The van der Waals surface area contributed by atoms with Crippen LogP contribution in [0.5, 0.6) is 0 Å². The van der Waals surface area contributed by atoms with Gasteiger partial charge in [-0.2, -0.15) is 0 Å². The highest BCUT2D eigenvalue weighted by Crippen LogP contribution is 2.42. The van der Waals surface area contributed by atoms with Gasteiger partial charge >= 0.3 is 0 Å². The topological polar surface area (TPSA) is 35.6 Å². The van der Waals surface area contributed by atoms with Gasteiger partial charge in [0.2, 0.25) is 0 Å². The van der Waals surface area contributed by atoms with Gasteiger partial charge in [0.15, 0.2) is 0 Å². The predicted octanol–water partition coefficient (Wildman–Crippen LogP) is 13.5. The molecule has 0 aliphatic carbocycles. The monoisotopic (exact) mass is 712 g/mol. The number of nitrogens with zero attached hydrogens (tertiary/aromatic N) is 4. The van der Waals surface area contributed by atoms with Crippen molar-refractivity contribution in [2.45, 2.75) is 0 Å². The van der Waals surface area contributed by atoms with Crippen LogP contribution in [-0.2, 0) is 0 Å². The van der Waals surface area contributed by atoms with E-state index in [0.29, 0.717) is 0 Å². The van der Waals surface area contributed by atoms with E-state index in [1.165, 1.54) is 54.4 Å². The number of aromatic nitrogens is 4. The van der Waals surface area contributed by atoms with E-state index < -0.39 is 0 Å². The number of hydrogen-bond donors (Lipinski definition) is 0. The van der Waals surface area contributed by atoms with Gasteiger partial charge in [-0.05, 0) is 64.4 Å². The third kappa shape index (κ3) is 4.47. The molecule has 0 amide bonds. The van der Waals surface area contributed by atoms with Crippen molar-refractivity contribution in [2.75, 3.05) is 0 Å². The van der Waals surface area contributed by atoms with E-state index in [0.717, 1.165) is 55.6 Å². The fraction of sp³-hybridized carbons (Fsp3) is 0. The summed E-state index contributed by atoms with van der Waals surface area (Å²) in [5.74, 6) is 0. The molecule has 4 nitrogen and oxygen atoms in total. The first kappa shape index (κ1) is 30.9. The van der Waals surface area contributed by atoms with E-state index in [1.54, 1.807) is 0 Å². The Bertz CT molecular complexity index is 3500. The second kappa shape index (κ2) is 12.0. The lowest BCUT2D eigenvalue weighted by atomic mass is 9.99. The van der Waals surface area contributed by atoms with Crippen molar-refractivity contribution in [3.8, 4) is 33.8 Å². The molecular weight excluding hydrogens is 681 g/mol. The summed E-state index contributed by atoms with van der Waals surface area (Å²) in [7, 11) is 0. The zero-order chi connectivity index (χ0) is 36.7. The maximum atomic E-state index is 5.30. The minimum Gasteiger partial charge on any atom is -0.307 e. The van der Waals surface area contributed by atoms with Gasteiger partial charge in [-0.25, -0.2) is 4.98 Å². The Morgan fingerprint density at radius 3 is 1.46 bits per heavy atom. The number of benzene rings is 9. The van der Waals surface area contributed by atoms with E-state index in [4.69, 9.17) is 9.97 Å². The Kier molecular flexibility index (Phi) is 6.60. The predicted molar refractivity (Wildman–Crippen MR) is 234 cm³/mol. The smallest absolute Gasteiger partial charge is 0.0979 e. The second-order valence-corrected chi connectivity index (χ2v) is 14.6. The van der Waals surface area contributed by atoms with Crippen molar-refractivity contribution in [2.24, 2.45) is 0 Å². The molecule has 0 fully saturated rings. The van der Waals surface area contributed by atoms with Crippen molar-refractivity contribution in [3.05, 3.63) is 194 Å². The maximum Gasteiger partial charge on any atom is 0.0979 e. The molecule has 0 unspecified atom stereocenters. The largest absolute Gasteiger partial charge is 0.307 e. The molecule has 0 spiro atoms. The minimum absolute atomic E-state index is 0.856. The number of para-hydroxylation sites is 3. The molecule has 260 valence electrons. The van der Waals surface area contributed by atoms with Crippen LogP contribution in [0.1, 0.15) is 0 Å². The molecule has 0 aliphatic heterocycles. The van der Waals surface area contributed by atoms with Crippen LogP contribution in [0, 0.1) is 0 Å². The van der Waals surface area contributed by atoms with Crippen molar-refractivity contribution in [3.63, 3.8) is 0 Å². The lowest BCUT2D eigenvalue weighted by molar-refractivity contribution is 1.15. The normalized spacial score (nSPS) is 11.9. The molecule has 0 saturated heterocycles. The molecule has 12 rings (SSSR count). The van der Waals surface area contributed by atoms with Gasteiger partial charge < -0.3 is 9.13 Å². The first-order valence-corrected chi connectivity index (χ1v) is 19.1. The summed E-state index contributed by atoms with van der Waals surface area (Å²) in [4.78, 5) is 10.3. The molecular formula is C52H32N4. The summed E-state index contributed by atoms with van der Waals surface area (Å²) in [5, 5.41) is 9.58. The molecule has 56 heavy (non-hydrogen) atoms. The molecule has 12 aromatic rings. The molecule has 0 bridgehead atoms. The Hall–Kier alpha value is -7.56. The average molecular weight is 713 g/mol. The molecule has 0 aliphatic rings. The second-order valence-electron chi connectivity index (χ2n) is 14.6. The van der Waals surface area contributed by atoms with E-state index in [-0.39, 0.29) is 0 Å². The van der Waals surface area contributed by atoms with Crippen LogP contribution in [0.25, 0.3) is 110 Å².